The van der Waals surface area contributed by atoms with Gasteiger partial charge < -0.3 is 9.64 Å². The van der Waals surface area contributed by atoms with E-state index in [9.17, 15) is 13.2 Å². The molecule has 0 saturated carbocycles. The van der Waals surface area contributed by atoms with Crippen LogP contribution in [0.2, 0.25) is 0 Å². The number of rotatable bonds is 5. The van der Waals surface area contributed by atoms with Gasteiger partial charge in [0, 0.05) is 41.4 Å². The minimum absolute atomic E-state index is 0.118. The number of ether oxygens (including phenoxy) is 1. The van der Waals surface area contributed by atoms with Gasteiger partial charge in [0.1, 0.15) is 0 Å². The fraction of sp³-hybridized carbons (Fsp3) is 0.364. The Kier molecular flexibility index (Phi) is 5.79. The minimum Gasteiger partial charge on any atom is -0.383 e. The van der Waals surface area contributed by atoms with Crippen molar-refractivity contribution in [3.8, 4) is 0 Å². The van der Waals surface area contributed by atoms with E-state index in [2.05, 4.69) is 15.9 Å². The highest BCUT2D eigenvalue weighted by Gasteiger charge is 2.17. The molecule has 0 aliphatic rings. The molecule has 0 saturated heterocycles. The molecule has 0 aliphatic heterocycles. The summed E-state index contributed by atoms with van der Waals surface area (Å²) in [5, 5.41) is 0. The van der Waals surface area contributed by atoms with E-state index in [4.69, 9.17) is 15.4 Å². The van der Waals surface area contributed by atoms with Crippen molar-refractivity contribution in [1.29, 1.82) is 0 Å². The molecule has 1 amide bonds. The summed E-state index contributed by atoms with van der Waals surface area (Å²) in [6, 6.07) is 4.13. The van der Waals surface area contributed by atoms with Crippen LogP contribution in [0.15, 0.2) is 27.6 Å². The molecule has 8 heteroatoms. The van der Waals surface area contributed by atoms with Gasteiger partial charge in [-0.3, -0.25) is 4.79 Å². The summed E-state index contributed by atoms with van der Waals surface area (Å²) in [4.78, 5) is 13.4. The number of carbonyl (C=O) groups is 1. The number of hydrogen-bond donors (Lipinski definition) is 0. The normalized spacial score (nSPS) is 11.4. The van der Waals surface area contributed by atoms with E-state index < -0.39 is 9.05 Å². The smallest absolute Gasteiger partial charge is 0.261 e. The largest absolute Gasteiger partial charge is 0.383 e. The summed E-state index contributed by atoms with van der Waals surface area (Å²) in [7, 11) is 4.55. The van der Waals surface area contributed by atoms with Gasteiger partial charge in [-0.25, -0.2) is 8.42 Å². The number of amides is 1. The van der Waals surface area contributed by atoms with Crippen LogP contribution in [-0.4, -0.2) is 46.5 Å². The van der Waals surface area contributed by atoms with E-state index in [0.29, 0.717) is 17.6 Å². The summed E-state index contributed by atoms with van der Waals surface area (Å²) in [6.07, 6.45) is 0. The van der Waals surface area contributed by atoms with Gasteiger partial charge in [-0.1, -0.05) is 15.9 Å². The van der Waals surface area contributed by atoms with Crippen molar-refractivity contribution < 1.29 is 17.9 Å². The van der Waals surface area contributed by atoms with Crippen LogP contribution < -0.4 is 0 Å². The average molecular weight is 371 g/mol. The number of hydrogen-bond acceptors (Lipinski definition) is 4. The Balaban J connectivity index is 3.07. The minimum atomic E-state index is -3.88. The van der Waals surface area contributed by atoms with Crippen LogP contribution >= 0.6 is 26.6 Å². The molecular formula is C11H13BrClNO4S. The molecule has 0 unspecified atom stereocenters. The molecule has 0 aromatic heterocycles. The van der Waals surface area contributed by atoms with Crippen molar-refractivity contribution in [3.63, 3.8) is 0 Å². The number of likely N-dealkylation sites (N-methyl/N-ethyl adjacent to an activating group) is 1. The zero-order chi connectivity index (χ0) is 14.6. The fourth-order valence-electron chi connectivity index (χ4n) is 1.38. The molecule has 1 aromatic rings. The number of methoxy groups -OCH3 is 1. The Bertz CT molecular complexity index is 576. The monoisotopic (exact) mass is 369 g/mol. The molecule has 0 spiro atoms. The standard InChI is InChI=1S/C11H13BrClNO4S/c1-14(3-4-18-2)11(15)8-5-9(12)7-10(6-8)19(13,16)17/h5-7H,3-4H2,1-2H3. The predicted octanol–water partition coefficient (Wildman–Crippen LogP) is 2.10. The van der Waals surface area contributed by atoms with E-state index in [1.54, 1.807) is 7.05 Å². The Hall–Kier alpha value is -0.630. The van der Waals surface area contributed by atoms with Crippen molar-refractivity contribution in [2.75, 3.05) is 27.3 Å². The first-order valence-corrected chi connectivity index (χ1v) is 8.35. The van der Waals surface area contributed by atoms with Gasteiger partial charge in [0.05, 0.1) is 11.5 Å². The van der Waals surface area contributed by atoms with Crippen LogP contribution in [0.1, 0.15) is 10.4 Å². The second-order valence-corrected chi connectivity index (χ2v) is 7.31. The van der Waals surface area contributed by atoms with E-state index in [-0.39, 0.29) is 16.4 Å². The Morgan fingerprint density at radius 2 is 2.05 bits per heavy atom. The summed E-state index contributed by atoms with van der Waals surface area (Å²) in [5.74, 6) is -0.306. The SMILES string of the molecule is COCCN(C)C(=O)c1cc(Br)cc(S(=O)(=O)Cl)c1. The first kappa shape index (κ1) is 16.4. The summed E-state index contributed by atoms with van der Waals surface area (Å²) in [6.45, 7) is 0.807. The molecular weight excluding hydrogens is 358 g/mol. The lowest BCUT2D eigenvalue weighted by Gasteiger charge is -2.17. The van der Waals surface area contributed by atoms with Crippen LogP contribution in [0.4, 0.5) is 0 Å². The van der Waals surface area contributed by atoms with Crippen molar-refractivity contribution >= 4 is 41.6 Å². The summed E-state index contributed by atoms with van der Waals surface area (Å²) in [5.41, 5.74) is 0.243. The van der Waals surface area contributed by atoms with Gasteiger partial charge >= 0.3 is 0 Å². The quantitative estimate of drug-likeness (QED) is 0.745. The highest BCUT2D eigenvalue weighted by atomic mass is 79.9. The summed E-state index contributed by atoms with van der Waals surface area (Å²) >= 11 is 3.16. The molecule has 1 aromatic carbocycles. The van der Waals surface area contributed by atoms with Crippen LogP contribution in [0.25, 0.3) is 0 Å². The molecule has 106 valence electrons. The maximum absolute atomic E-state index is 12.1. The van der Waals surface area contributed by atoms with Crippen LogP contribution in [0, 0.1) is 0 Å². The lowest BCUT2D eigenvalue weighted by atomic mass is 10.2. The third-order valence-corrected chi connectivity index (χ3v) is 4.17. The third kappa shape index (κ3) is 4.76. The topological polar surface area (TPSA) is 63.7 Å². The number of carbonyl (C=O) groups excluding carboxylic acids is 1. The molecule has 0 atom stereocenters. The van der Waals surface area contributed by atoms with Crippen LogP contribution in [-0.2, 0) is 13.8 Å². The van der Waals surface area contributed by atoms with Gasteiger partial charge in [-0.05, 0) is 18.2 Å². The zero-order valence-electron chi connectivity index (χ0n) is 10.4. The predicted molar refractivity (Wildman–Crippen MR) is 76.0 cm³/mol. The molecule has 19 heavy (non-hydrogen) atoms. The molecule has 0 heterocycles. The molecule has 0 radical (unpaired) electrons. The molecule has 0 fully saturated rings. The third-order valence-electron chi connectivity index (χ3n) is 2.38. The fourth-order valence-corrected chi connectivity index (χ4v) is 2.82. The van der Waals surface area contributed by atoms with E-state index in [1.165, 1.54) is 30.2 Å². The molecule has 1 rings (SSSR count). The maximum atomic E-state index is 12.1. The van der Waals surface area contributed by atoms with Crippen molar-refractivity contribution in [2.24, 2.45) is 0 Å². The highest BCUT2D eigenvalue weighted by molar-refractivity contribution is 9.10. The van der Waals surface area contributed by atoms with Crippen molar-refractivity contribution in [2.45, 2.75) is 4.90 Å². The average Bonchev–Trinajstić information content (AvgIpc) is 2.33. The molecule has 0 bridgehead atoms. The van der Waals surface area contributed by atoms with Crippen molar-refractivity contribution in [1.82, 2.24) is 4.90 Å². The molecule has 0 aliphatic carbocycles. The number of halogens is 2. The lowest BCUT2D eigenvalue weighted by molar-refractivity contribution is 0.0744. The summed E-state index contributed by atoms with van der Waals surface area (Å²) < 4.78 is 28.0. The van der Waals surface area contributed by atoms with Gasteiger partial charge in [0.15, 0.2) is 0 Å². The first-order chi connectivity index (χ1) is 8.75. The van der Waals surface area contributed by atoms with Gasteiger partial charge in [0.25, 0.3) is 15.0 Å². The maximum Gasteiger partial charge on any atom is 0.261 e. The number of nitrogens with zero attached hydrogens (tertiary/aromatic N) is 1. The Morgan fingerprint density at radius 3 is 2.58 bits per heavy atom. The molecule has 5 nitrogen and oxygen atoms in total. The van der Waals surface area contributed by atoms with Crippen molar-refractivity contribution in [3.05, 3.63) is 28.2 Å². The number of benzene rings is 1. The van der Waals surface area contributed by atoms with Gasteiger partial charge in [-0.15, -0.1) is 0 Å². The van der Waals surface area contributed by atoms with Gasteiger partial charge in [-0.2, -0.15) is 0 Å². The zero-order valence-corrected chi connectivity index (χ0v) is 13.5. The second kappa shape index (κ2) is 6.69. The van der Waals surface area contributed by atoms with Gasteiger partial charge in [0.2, 0.25) is 0 Å². The second-order valence-electron chi connectivity index (χ2n) is 3.83. The van der Waals surface area contributed by atoms with Crippen LogP contribution in [0.5, 0.6) is 0 Å². The lowest BCUT2D eigenvalue weighted by Crippen LogP contribution is -2.30. The van der Waals surface area contributed by atoms with E-state index >= 15 is 0 Å². The van der Waals surface area contributed by atoms with Crippen LogP contribution in [0.3, 0.4) is 0 Å². The first-order valence-electron chi connectivity index (χ1n) is 5.25. The Morgan fingerprint density at radius 1 is 1.42 bits per heavy atom. The Labute approximate surface area is 125 Å². The van der Waals surface area contributed by atoms with E-state index in [1.807, 2.05) is 0 Å². The van der Waals surface area contributed by atoms with E-state index in [0.717, 1.165) is 0 Å². The highest BCUT2D eigenvalue weighted by Crippen LogP contribution is 2.23. The molecule has 0 N–H and O–H groups in total.